The molecule has 1 N–H and O–H groups in total. The number of morpholine rings is 1. The number of carbonyl (C=O) groups excluding carboxylic acids is 1. The summed E-state index contributed by atoms with van der Waals surface area (Å²) in [5.74, 6) is -0.102. The highest BCUT2D eigenvalue weighted by Gasteiger charge is 2.23. The zero-order chi connectivity index (χ0) is 19.7. The Hall–Kier alpha value is -2.71. The highest BCUT2D eigenvalue weighted by atomic mass is 16.5. The smallest absolute Gasteiger partial charge is 0.291 e. The van der Waals surface area contributed by atoms with Crippen LogP contribution in [0.5, 0.6) is 0 Å². The maximum Gasteiger partial charge on any atom is 0.291 e. The number of nitrogens with one attached hydrogen (secondary N) is 1. The minimum Gasteiger partial charge on any atom is -0.379 e. The van der Waals surface area contributed by atoms with Crippen LogP contribution in [-0.4, -0.2) is 64.5 Å². The molecule has 3 heterocycles. The molecule has 1 aliphatic heterocycles. The zero-order valence-corrected chi connectivity index (χ0v) is 16.2. The Morgan fingerprint density at radius 1 is 1.25 bits per heavy atom. The summed E-state index contributed by atoms with van der Waals surface area (Å²) in [4.78, 5) is 27.9. The van der Waals surface area contributed by atoms with Gasteiger partial charge in [0, 0.05) is 44.0 Å². The number of para-hydroxylation sites is 1. The van der Waals surface area contributed by atoms with Gasteiger partial charge in [-0.1, -0.05) is 18.2 Å². The Kier molecular flexibility index (Phi) is 5.15. The number of rotatable bonds is 5. The predicted molar refractivity (Wildman–Crippen MR) is 107 cm³/mol. The molecule has 1 amide bonds. The fourth-order valence-electron chi connectivity index (χ4n) is 3.82. The first-order valence-electron chi connectivity index (χ1n) is 9.60. The van der Waals surface area contributed by atoms with Crippen molar-refractivity contribution in [3.8, 4) is 0 Å². The van der Waals surface area contributed by atoms with Crippen LogP contribution in [0.1, 0.15) is 13.0 Å². The van der Waals surface area contributed by atoms with Crippen molar-refractivity contribution in [1.29, 1.82) is 0 Å². The van der Waals surface area contributed by atoms with E-state index in [4.69, 9.17) is 4.74 Å². The van der Waals surface area contributed by atoms with Crippen LogP contribution in [0.2, 0.25) is 0 Å². The molecule has 0 bridgehead atoms. The molecule has 1 unspecified atom stereocenters. The zero-order valence-electron chi connectivity index (χ0n) is 16.2. The van der Waals surface area contributed by atoms with Crippen LogP contribution in [0.25, 0.3) is 21.8 Å². The van der Waals surface area contributed by atoms with Gasteiger partial charge in [-0.2, -0.15) is 5.10 Å². The van der Waals surface area contributed by atoms with Gasteiger partial charge >= 0.3 is 0 Å². The van der Waals surface area contributed by atoms with E-state index in [0.717, 1.165) is 49.1 Å². The third-order valence-electron chi connectivity index (χ3n) is 5.40. The number of aryl methyl sites for hydroxylation is 1. The molecule has 1 aliphatic rings. The highest BCUT2D eigenvalue weighted by molar-refractivity contribution is 6.08. The summed E-state index contributed by atoms with van der Waals surface area (Å²) in [6, 6.07) is 7.22. The van der Waals surface area contributed by atoms with E-state index < -0.39 is 6.04 Å². The highest BCUT2D eigenvalue weighted by Crippen LogP contribution is 2.29. The summed E-state index contributed by atoms with van der Waals surface area (Å²) in [5.41, 5.74) is 1.16. The summed E-state index contributed by atoms with van der Waals surface area (Å²) in [6.45, 7) is 6.45. The lowest BCUT2D eigenvalue weighted by molar-refractivity contribution is -0.123. The second kappa shape index (κ2) is 7.73. The fraction of sp³-hybridized carbons (Fsp3) is 0.450. The second-order valence-electron chi connectivity index (χ2n) is 7.14. The molecule has 4 rings (SSSR count). The summed E-state index contributed by atoms with van der Waals surface area (Å²) in [5, 5.41) is 8.86. The van der Waals surface area contributed by atoms with Gasteiger partial charge in [-0.25, -0.2) is 4.68 Å². The maximum absolute atomic E-state index is 12.9. The first kappa shape index (κ1) is 18.6. The number of hydrogen-bond donors (Lipinski definition) is 1. The number of benzene rings is 1. The number of ether oxygens (including phenoxy) is 1. The summed E-state index contributed by atoms with van der Waals surface area (Å²) < 4.78 is 8.49. The number of amides is 1. The topological polar surface area (TPSA) is 81.4 Å². The SMILES string of the molecule is CC(C(=O)NCCN1CCOCC1)n1c2ccccc2c2cnn(C)c(=O)c21. The monoisotopic (exact) mass is 383 g/mol. The maximum atomic E-state index is 12.9. The first-order chi connectivity index (χ1) is 13.6. The third kappa shape index (κ3) is 3.29. The lowest BCUT2D eigenvalue weighted by Gasteiger charge is -2.26. The van der Waals surface area contributed by atoms with Gasteiger partial charge in [0.15, 0.2) is 0 Å². The van der Waals surface area contributed by atoms with E-state index in [1.165, 1.54) is 4.68 Å². The molecule has 1 fully saturated rings. The van der Waals surface area contributed by atoms with Crippen molar-refractivity contribution in [2.24, 2.45) is 7.05 Å². The van der Waals surface area contributed by atoms with Crippen LogP contribution in [0.3, 0.4) is 0 Å². The lowest BCUT2D eigenvalue weighted by atomic mass is 10.2. The molecule has 148 valence electrons. The fourth-order valence-corrected chi connectivity index (χ4v) is 3.82. The molecule has 28 heavy (non-hydrogen) atoms. The van der Waals surface area contributed by atoms with Gasteiger partial charge in [-0.15, -0.1) is 0 Å². The first-order valence-corrected chi connectivity index (χ1v) is 9.60. The Labute approximate surface area is 162 Å². The van der Waals surface area contributed by atoms with Crippen molar-refractivity contribution in [2.45, 2.75) is 13.0 Å². The van der Waals surface area contributed by atoms with Gasteiger partial charge in [0.2, 0.25) is 5.91 Å². The molecule has 0 radical (unpaired) electrons. The molecule has 1 atom stereocenters. The van der Waals surface area contributed by atoms with Crippen LogP contribution >= 0.6 is 0 Å². The summed E-state index contributed by atoms with van der Waals surface area (Å²) >= 11 is 0. The van der Waals surface area contributed by atoms with Gasteiger partial charge in [-0.3, -0.25) is 14.5 Å². The van der Waals surface area contributed by atoms with Gasteiger partial charge < -0.3 is 14.6 Å². The van der Waals surface area contributed by atoms with E-state index in [9.17, 15) is 9.59 Å². The normalized spacial score (nSPS) is 16.5. The summed E-state index contributed by atoms with van der Waals surface area (Å²) in [7, 11) is 1.62. The quantitative estimate of drug-likeness (QED) is 0.708. The largest absolute Gasteiger partial charge is 0.379 e. The molecule has 0 saturated carbocycles. The van der Waals surface area contributed by atoms with E-state index in [1.54, 1.807) is 13.2 Å². The van der Waals surface area contributed by atoms with Crippen LogP contribution in [0, 0.1) is 0 Å². The van der Waals surface area contributed by atoms with Crippen molar-refractivity contribution < 1.29 is 9.53 Å². The van der Waals surface area contributed by atoms with E-state index in [1.807, 2.05) is 35.8 Å². The van der Waals surface area contributed by atoms with Crippen LogP contribution in [0.4, 0.5) is 0 Å². The second-order valence-corrected chi connectivity index (χ2v) is 7.14. The molecule has 8 heteroatoms. The van der Waals surface area contributed by atoms with Crippen molar-refractivity contribution in [1.82, 2.24) is 24.6 Å². The molecular formula is C20H25N5O3. The summed E-state index contributed by atoms with van der Waals surface area (Å²) in [6.07, 6.45) is 1.69. The Morgan fingerprint density at radius 2 is 2.00 bits per heavy atom. The number of aromatic nitrogens is 3. The van der Waals surface area contributed by atoms with Gasteiger partial charge in [0.1, 0.15) is 11.6 Å². The van der Waals surface area contributed by atoms with E-state index >= 15 is 0 Å². The average molecular weight is 383 g/mol. The average Bonchev–Trinajstić information content (AvgIpc) is 3.06. The number of hydrogen-bond acceptors (Lipinski definition) is 5. The van der Waals surface area contributed by atoms with Crippen LogP contribution < -0.4 is 10.9 Å². The standard InChI is InChI=1S/C20H25N5O3/c1-14(19(26)21-7-8-24-9-11-28-12-10-24)25-17-6-4-3-5-15(17)16-13-22-23(2)20(27)18(16)25/h3-6,13-14H,7-12H2,1-2H3,(H,21,26). The molecule has 3 aromatic rings. The molecule has 2 aromatic heterocycles. The molecule has 0 aliphatic carbocycles. The van der Waals surface area contributed by atoms with E-state index in [-0.39, 0.29) is 11.5 Å². The molecule has 1 saturated heterocycles. The van der Waals surface area contributed by atoms with E-state index in [0.29, 0.717) is 12.1 Å². The molecule has 8 nitrogen and oxygen atoms in total. The predicted octanol–water partition coefficient (Wildman–Crippen LogP) is 0.898. The van der Waals surface area contributed by atoms with Gasteiger partial charge in [0.25, 0.3) is 5.56 Å². The minimum absolute atomic E-state index is 0.102. The van der Waals surface area contributed by atoms with Crippen LogP contribution in [0.15, 0.2) is 35.3 Å². The number of nitrogens with zero attached hydrogens (tertiary/aromatic N) is 4. The van der Waals surface area contributed by atoms with Crippen molar-refractivity contribution >= 4 is 27.7 Å². The van der Waals surface area contributed by atoms with Crippen molar-refractivity contribution in [3.05, 3.63) is 40.8 Å². The molecule has 0 spiro atoms. The Bertz CT molecular complexity index is 1060. The molecular weight excluding hydrogens is 358 g/mol. The number of fused-ring (bicyclic) bond motifs is 3. The number of carbonyl (C=O) groups is 1. The Morgan fingerprint density at radius 3 is 2.79 bits per heavy atom. The third-order valence-corrected chi connectivity index (χ3v) is 5.40. The molecule has 1 aromatic carbocycles. The van der Waals surface area contributed by atoms with Gasteiger partial charge in [-0.05, 0) is 13.0 Å². The van der Waals surface area contributed by atoms with Crippen molar-refractivity contribution in [2.75, 3.05) is 39.4 Å². The van der Waals surface area contributed by atoms with Crippen LogP contribution in [-0.2, 0) is 16.6 Å². The minimum atomic E-state index is -0.512. The van der Waals surface area contributed by atoms with Gasteiger partial charge in [0.05, 0.1) is 24.9 Å². The lowest BCUT2D eigenvalue weighted by Crippen LogP contribution is -2.42. The van der Waals surface area contributed by atoms with E-state index in [2.05, 4.69) is 15.3 Å². The van der Waals surface area contributed by atoms with Crippen molar-refractivity contribution in [3.63, 3.8) is 0 Å². The Balaban J connectivity index is 1.62.